The molecular formula is C22H25N3O5. The van der Waals surface area contributed by atoms with E-state index in [-0.39, 0.29) is 12.5 Å². The smallest absolute Gasteiger partial charge is 0.335 e. The lowest BCUT2D eigenvalue weighted by molar-refractivity contribution is -0.148. The first kappa shape index (κ1) is 21.3. The molecule has 2 N–H and O–H groups in total. The summed E-state index contributed by atoms with van der Waals surface area (Å²) in [6, 6.07) is 11.0. The van der Waals surface area contributed by atoms with Gasteiger partial charge in [0, 0.05) is 7.05 Å². The highest BCUT2D eigenvalue weighted by atomic mass is 16.5. The number of carbonyl (C=O) groups excluding carboxylic acids is 1. The zero-order valence-corrected chi connectivity index (χ0v) is 17.4. The van der Waals surface area contributed by atoms with Crippen LogP contribution in [0.15, 0.2) is 52.1 Å². The van der Waals surface area contributed by atoms with Gasteiger partial charge >= 0.3 is 11.7 Å². The predicted octanol–water partition coefficient (Wildman–Crippen LogP) is 1.52. The van der Waals surface area contributed by atoms with Crippen molar-refractivity contribution >= 4 is 16.9 Å². The average Bonchev–Trinajstić information content (AvgIpc) is 2.72. The molecule has 0 saturated carbocycles. The first-order valence-electron chi connectivity index (χ1n) is 9.58. The van der Waals surface area contributed by atoms with Gasteiger partial charge in [0.05, 0.1) is 29.8 Å². The number of hydrogen-bond acceptors (Lipinski definition) is 6. The number of fused-ring (bicyclic) bond motifs is 1. The molecule has 0 amide bonds. The maximum atomic E-state index is 13.0. The van der Waals surface area contributed by atoms with Crippen LogP contribution in [-0.4, -0.2) is 34.4 Å². The standard InChI is InChI=1S/C22H25N3O5/c1-13(2)30-21(27)18(23)11-14-5-7-15(8-6-14)25-20(26)17-12-16(29-4)9-10-19(17)24(3)22(25)28/h5-10,12-13,18H,11,23H2,1-4H3/t18-/m0/s1. The Balaban J connectivity index is 1.97. The average molecular weight is 411 g/mol. The number of carbonyl (C=O) groups is 1. The molecule has 30 heavy (non-hydrogen) atoms. The van der Waals surface area contributed by atoms with E-state index < -0.39 is 23.3 Å². The van der Waals surface area contributed by atoms with Crippen LogP contribution >= 0.6 is 0 Å². The van der Waals surface area contributed by atoms with Gasteiger partial charge in [-0.1, -0.05) is 12.1 Å². The summed E-state index contributed by atoms with van der Waals surface area (Å²) < 4.78 is 12.8. The van der Waals surface area contributed by atoms with Crippen molar-refractivity contribution in [3.63, 3.8) is 0 Å². The fourth-order valence-corrected chi connectivity index (χ4v) is 3.23. The molecule has 158 valence electrons. The minimum Gasteiger partial charge on any atom is -0.497 e. The van der Waals surface area contributed by atoms with E-state index in [0.717, 1.165) is 10.1 Å². The second-order valence-electron chi connectivity index (χ2n) is 7.33. The molecule has 3 rings (SSSR count). The molecule has 8 nitrogen and oxygen atoms in total. The van der Waals surface area contributed by atoms with E-state index in [1.807, 2.05) is 0 Å². The summed E-state index contributed by atoms with van der Waals surface area (Å²) >= 11 is 0. The van der Waals surface area contributed by atoms with Gasteiger partial charge in [-0.3, -0.25) is 14.2 Å². The Morgan fingerprint density at radius 1 is 1.10 bits per heavy atom. The summed E-state index contributed by atoms with van der Waals surface area (Å²) in [4.78, 5) is 37.8. The quantitative estimate of drug-likeness (QED) is 0.617. The highest BCUT2D eigenvalue weighted by molar-refractivity contribution is 5.80. The van der Waals surface area contributed by atoms with Gasteiger partial charge in [-0.15, -0.1) is 0 Å². The molecule has 0 aliphatic rings. The van der Waals surface area contributed by atoms with Gasteiger partial charge in [0.1, 0.15) is 11.8 Å². The van der Waals surface area contributed by atoms with Crippen molar-refractivity contribution in [3.8, 4) is 11.4 Å². The van der Waals surface area contributed by atoms with Crippen LogP contribution in [0.4, 0.5) is 0 Å². The predicted molar refractivity (Wildman–Crippen MR) is 114 cm³/mol. The van der Waals surface area contributed by atoms with E-state index in [1.54, 1.807) is 63.4 Å². The molecule has 0 fully saturated rings. The topological polar surface area (TPSA) is 106 Å². The van der Waals surface area contributed by atoms with E-state index in [1.165, 1.54) is 11.7 Å². The van der Waals surface area contributed by atoms with Crippen LogP contribution in [0.25, 0.3) is 16.6 Å². The largest absolute Gasteiger partial charge is 0.497 e. The van der Waals surface area contributed by atoms with Crippen molar-refractivity contribution in [2.24, 2.45) is 12.8 Å². The first-order valence-corrected chi connectivity index (χ1v) is 9.58. The van der Waals surface area contributed by atoms with Crippen molar-refractivity contribution in [2.45, 2.75) is 32.4 Å². The molecule has 8 heteroatoms. The molecular weight excluding hydrogens is 386 g/mol. The van der Waals surface area contributed by atoms with Crippen LogP contribution in [-0.2, 0) is 23.0 Å². The second-order valence-corrected chi connectivity index (χ2v) is 7.33. The Labute approximate surface area is 173 Å². The maximum Gasteiger partial charge on any atom is 0.335 e. The SMILES string of the molecule is COc1ccc2c(c1)c(=O)n(-c1ccc(C[C@H](N)C(=O)OC(C)C)cc1)c(=O)n2C. The van der Waals surface area contributed by atoms with Gasteiger partial charge in [0.25, 0.3) is 5.56 Å². The van der Waals surface area contributed by atoms with E-state index >= 15 is 0 Å². The number of methoxy groups -OCH3 is 1. The van der Waals surface area contributed by atoms with Crippen LogP contribution in [0, 0.1) is 0 Å². The van der Waals surface area contributed by atoms with E-state index in [0.29, 0.717) is 22.3 Å². The van der Waals surface area contributed by atoms with E-state index in [2.05, 4.69) is 0 Å². The number of nitrogens with zero attached hydrogens (tertiary/aromatic N) is 2. The molecule has 1 aromatic heterocycles. The first-order chi connectivity index (χ1) is 14.2. The number of hydrogen-bond donors (Lipinski definition) is 1. The number of esters is 1. The molecule has 0 saturated heterocycles. The summed E-state index contributed by atoms with van der Waals surface area (Å²) in [6.07, 6.45) is 0.0498. The Kier molecular flexibility index (Phi) is 6.07. The van der Waals surface area contributed by atoms with Crippen molar-refractivity contribution in [3.05, 3.63) is 68.9 Å². The van der Waals surface area contributed by atoms with E-state index in [4.69, 9.17) is 15.2 Å². The van der Waals surface area contributed by atoms with Crippen molar-refractivity contribution in [2.75, 3.05) is 7.11 Å². The monoisotopic (exact) mass is 411 g/mol. The third-order valence-corrected chi connectivity index (χ3v) is 4.78. The summed E-state index contributed by atoms with van der Waals surface area (Å²) in [5, 5.41) is 0.374. The van der Waals surface area contributed by atoms with Crippen molar-refractivity contribution in [1.29, 1.82) is 0 Å². The van der Waals surface area contributed by atoms with Gasteiger partial charge in [-0.05, 0) is 56.2 Å². The van der Waals surface area contributed by atoms with Crippen LogP contribution in [0.3, 0.4) is 0 Å². The minimum atomic E-state index is -0.790. The maximum absolute atomic E-state index is 13.0. The molecule has 1 heterocycles. The zero-order valence-electron chi connectivity index (χ0n) is 17.4. The Bertz CT molecular complexity index is 1190. The Hall–Kier alpha value is -3.39. The molecule has 0 aliphatic carbocycles. The molecule has 0 radical (unpaired) electrons. The molecule has 3 aromatic rings. The molecule has 0 spiro atoms. The number of benzene rings is 2. The fraction of sp³-hybridized carbons (Fsp3) is 0.318. The molecule has 2 aromatic carbocycles. The van der Waals surface area contributed by atoms with Gasteiger partial charge in [-0.25, -0.2) is 9.36 Å². The summed E-state index contributed by atoms with van der Waals surface area (Å²) in [7, 11) is 3.13. The number of rotatable bonds is 6. The third kappa shape index (κ3) is 4.13. The summed E-state index contributed by atoms with van der Waals surface area (Å²) in [6.45, 7) is 3.52. The highest BCUT2D eigenvalue weighted by Gasteiger charge is 2.18. The number of ether oxygens (including phenoxy) is 2. The molecule has 0 aliphatic heterocycles. The lowest BCUT2D eigenvalue weighted by Crippen LogP contribution is -2.38. The van der Waals surface area contributed by atoms with Crippen LogP contribution in [0.5, 0.6) is 5.75 Å². The number of nitrogens with two attached hydrogens (primary N) is 1. The third-order valence-electron chi connectivity index (χ3n) is 4.78. The van der Waals surface area contributed by atoms with Crippen LogP contribution < -0.4 is 21.7 Å². The molecule has 0 bridgehead atoms. The fourth-order valence-electron chi connectivity index (χ4n) is 3.23. The van der Waals surface area contributed by atoms with E-state index in [9.17, 15) is 14.4 Å². The van der Waals surface area contributed by atoms with Gasteiger partial charge < -0.3 is 15.2 Å². The van der Waals surface area contributed by atoms with Gasteiger partial charge in [-0.2, -0.15) is 0 Å². The van der Waals surface area contributed by atoms with Crippen LogP contribution in [0.2, 0.25) is 0 Å². The number of aromatic nitrogens is 2. The summed E-state index contributed by atoms with van der Waals surface area (Å²) in [5.41, 5.74) is 6.76. The lowest BCUT2D eigenvalue weighted by Gasteiger charge is -2.14. The van der Waals surface area contributed by atoms with Crippen molar-refractivity contribution in [1.82, 2.24) is 9.13 Å². The minimum absolute atomic E-state index is 0.236. The lowest BCUT2D eigenvalue weighted by atomic mass is 10.1. The number of aryl methyl sites for hydroxylation is 1. The van der Waals surface area contributed by atoms with Gasteiger partial charge in [0.15, 0.2) is 0 Å². The molecule has 0 unspecified atom stereocenters. The van der Waals surface area contributed by atoms with Gasteiger partial charge in [0.2, 0.25) is 0 Å². The zero-order chi connectivity index (χ0) is 22.0. The Morgan fingerprint density at radius 2 is 1.77 bits per heavy atom. The van der Waals surface area contributed by atoms with Crippen LogP contribution in [0.1, 0.15) is 19.4 Å². The Morgan fingerprint density at radius 3 is 2.37 bits per heavy atom. The molecule has 1 atom stereocenters. The second kappa shape index (κ2) is 8.54. The summed E-state index contributed by atoms with van der Waals surface area (Å²) in [5.74, 6) is 0.0602. The highest BCUT2D eigenvalue weighted by Crippen LogP contribution is 2.17. The van der Waals surface area contributed by atoms with Crippen molar-refractivity contribution < 1.29 is 14.3 Å². The normalized spacial score (nSPS) is 12.2.